The summed E-state index contributed by atoms with van der Waals surface area (Å²) in [6, 6.07) is 4.34. The van der Waals surface area contributed by atoms with Crippen molar-refractivity contribution in [1.82, 2.24) is 4.72 Å². The average molecular weight is 329 g/mol. The molecule has 0 bridgehead atoms. The fourth-order valence-electron chi connectivity index (χ4n) is 1.20. The van der Waals surface area contributed by atoms with Crippen LogP contribution < -0.4 is 4.72 Å². The molecular weight excluding hydrogens is 319 g/mol. The van der Waals surface area contributed by atoms with Crippen molar-refractivity contribution < 1.29 is 31.5 Å². The first-order chi connectivity index (χ1) is 9.12. The lowest BCUT2D eigenvalue weighted by Gasteiger charge is -2.08. The van der Waals surface area contributed by atoms with Gasteiger partial charge in [-0.1, -0.05) is 0 Å². The van der Waals surface area contributed by atoms with Gasteiger partial charge in [-0.05, 0) is 36.0 Å². The molecule has 0 fully saturated rings. The van der Waals surface area contributed by atoms with E-state index in [4.69, 9.17) is 5.11 Å². The SMILES string of the molecule is O=C(O)c1ccc(S(=O)(=O)NCCSC(F)(F)F)cc1. The van der Waals surface area contributed by atoms with Gasteiger partial charge in [-0.15, -0.1) is 0 Å². The lowest BCUT2D eigenvalue weighted by Crippen LogP contribution is -2.26. The van der Waals surface area contributed by atoms with Gasteiger partial charge in [-0.3, -0.25) is 0 Å². The largest absolute Gasteiger partial charge is 0.478 e. The number of aromatic carboxylic acids is 1. The van der Waals surface area contributed by atoms with Gasteiger partial charge < -0.3 is 5.11 Å². The number of thioether (sulfide) groups is 1. The Morgan fingerprint density at radius 1 is 1.25 bits per heavy atom. The second kappa shape index (κ2) is 6.46. The van der Waals surface area contributed by atoms with Crippen LogP contribution in [0, 0.1) is 0 Å². The molecule has 0 aliphatic rings. The van der Waals surface area contributed by atoms with Crippen LogP contribution in [0.5, 0.6) is 0 Å². The first-order valence-electron chi connectivity index (χ1n) is 5.15. The Labute approximate surface area is 117 Å². The van der Waals surface area contributed by atoms with Crippen LogP contribution in [0.25, 0.3) is 0 Å². The molecule has 0 spiro atoms. The van der Waals surface area contributed by atoms with E-state index in [-0.39, 0.29) is 28.8 Å². The van der Waals surface area contributed by atoms with Crippen molar-refractivity contribution >= 4 is 27.8 Å². The smallest absolute Gasteiger partial charge is 0.441 e. The number of carbonyl (C=O) groups is 1. The van der Waals surface area contributed by atoms with E-state index in [1.54, 1.807) is 0 Å². The standard InChI is InChI=1S/C10H10F3NO4S2/c11-10(12,13)19-6-5-14-20(17,18)8-3-1-7(2-4-8)9(15)16/h1-4,14H,5-6H2,(H,15,16). The van der Waals surface area contributed by atoms with E-state index < -0.39 is 27.3 Å². The Morgan fingerprint density at radius 3 is 2.25 bits per heavy atom. The van der Waals surface area contributed by atoms with Crippen LogP contribution in [0.15, 0.2) is 29.2 Å². The van der Waals surface area contributed by atoms with Gasteiger partial charge in [0.1, 0.15) is 0 Å². The number of carboxylic acids is 1. The zero-order valence-corrected chi connectivity index (χ0v) is 11.5. The summed E-state index contributed by atoms with van der Waals surface area (Å²) in [7, 11) is -3.94. The summed E-state index contributed by atoms with van der Waals surface area (Å²) in [6.45, 7) is -0.382. The summed E-state index contributed by atoms with van der Waals surface area (Å²) in [5.41, 5.74) is -4.49. The molecule has 5 nitrogen and oxygen atoms in total. The molecule has 0 atom stereocenters. The molecule has 1 rings (SSSR count). The second-order valence-corrected chi connectivity index (χ2v) is 6.45. The molecule has 0 radical (unpaired) electrons. The molecule has 10 heteroatoms. The van der Waals surface area contributed by atoms with Crippen LogP contribution in [0.4, 0.5) is 13.2 Å². The molecule has 20 heavy (non-hydrogen) atoms. The summed E-state index contributed by atoms with van der Waals surface area (Å²) in [5, 5.41) is 8.65. The van der Waals surface area contributed by atoms with E-state index >= 15 is 0 Å². The van der Waals surface area contributed by atoms with Gasteiger partial charge >= 0.3 is 11.5 Å². The molecule has 0 aliphatic heterocycles. The highest BCUT2D eigenvalue weighted by Crippen LogP contribution is 2.29. The van der Waals surface area contributed by atoms with Crippen LogP contribution in [0.2, 0.25) is 0 Å². The van der Waals surface area contributed by atoms with Gasteiger partial charge in [-0.25, -0.2) is 17.9 Å². The zero-order valence-electron chi connectivity index (χ0n) is 9.85. The highest BCUT2D eigenvalue weighted by Gasteiger charge is 2.27. The van der Waals surface area contributed by atoms with Crippen molar-refractivity contribution in [2.24, 2.45) is 0 Å². The summed E-state index contributed by atoms with van der Waals surface area (Å²) >= 11 is -0.329. The lowest BCUT2D eigenvalue weighted by atomic mass is 10.2. The van der Waals surface area contributed by atoms with Crippen LogP contribution in [-0.4, -0.2) is 37.3 Å². The highest BCUT2D eigenvalue weighted by atomic mass is 32.2. The Kier molecular flexibility index (Phi) is 5.42. The average Bonchev–Trinajstić information content (AvgIpc) is 2.34. The molecule has 2 N–H and O–H groups in total. The van der Waals surface area contributed by atoms with Crippen LogP contribution in [0.1, 0.15) is 10.4 Å². The number of hydrogen-bond acceptors (Lipinski definition) is 4. The summed E-state index contributed by atoms with van der Waals surface area (Å²) in [5.74, 6) is -1.65. The summed E-state index contributed by atoms with van der Waals surface area (Å²) in [4.78, 5) is 10.4. The third kappa shape index (κ3) is 5.39. The van der Waals surface area contributed by atoms with E-state index in [0.717, 1.165) is 24.3 Å². The molecule has 0 aromatic heterocycles. The normalized spacial score (nSPS) is 12.3. The van der Waals surface area contributed by atoms with E-state index in [0.29, 0.717) is 0 Å². The van der Waals surface area contributed by atoms with Crippen LogP contribution in [0.3, 0.4) is 0 Å². The maximum atomic E-state index is 11.8. The van der Waals surface area contributed by atoms with Crippen molar-refractivity contribution in [1.29, 1.82) is 0 Å². The number of sulfonamides is 1. The van der Waals surface area contributed by atoms with E-state index in [1.165, 1.54) is 0 Å². The van der Waals surface area contributed by atoms with Crippen molar-refractivity contribution in [2.45, 2.75) is 10.4 Å². The van der Waals surface area contributed by atoms with E-state index in [9.17, 15) is 26.4 Å². The number of rotatable bonds is 6. The molecule has 0 amide bonds. The lowest BCUT2D eigenvalue weighted by molar-refractivity contribution is -0.0327. The quantitative estimate of drug-likeness (QED) is 0.779. The van der Waals surface area contributed by atoms with E-state index in [1.807, 2.05) is 4.72 Å². The van der Waals surface area contributed by atoms with Crippen molar-refractivity contribution in [3.8, 4) is 0 Å². The molecule has 1 aromatic carbocycles. The molecule has 0 heterocycles. The first-order valence-corrected chi connectivity index (χ1v) is 7.62. The summed E-state index contributed by atoms with van der Waals surface area (Å²) in [6.07, 6.45) is 0. The molecule has 0 saturated carbocycles. The van der Waals surface area contributed by atoms with Gasteiger partial charge in [0, 0.05) is 12.3 Å². The maximum Gasteiger partial charge on any atom is 0.441 e. The van der Waals surface area contributed by atoms with Gasteiger partial charge in [0.2, 0.25) is 10.0 Å². The fraction of sp³-hybridized carbons (Fsp3) is 0.300. The maximum absolute atomic E-state index is 11.8. The van der Waals surface area contributed by atoms with Crippen molar-refractivity contribution in [3.63, 3.8) is 0 Å². The molecule has 0 saturated heterocycles. The number of nitrogens with one attached hydrogen (secondary N) is 1. The third-order valence-electron chi connectivity index (χ3n) is 2.07. The van der Waals surface area contributed by atoms with Gasteiger partial charge in [0.15, 0.2) is 0 Å². The summed E-state index contributed by atoms with van der Waals surface area (Å²) < 4.78 is 60.9. The number of halogens is 3. The first kappa shape index (κ1) is 16.8. The number of benzene rings is 1. The highest BCUT2D eigenvalue weighted by molar-refractivity contribution is 8.00. The van der Waals surface area contributed by atoms with E-state index in [2.05, 4.69) is 0 Å². The Morgan fingerprint density at radius 2 is 1.80 bits per heavy atom. The Balaban J connectivity index is 2.62. The van der Waals surface area contributed by atoms with Crippen LogP contribution in [-0.2, 0) is 10.0 Å². The van der Waals surface area contributed by atoms with Gasteiger partial charge in [-0.2, -0.15) is 13.2 Å². The zero-order chi connectivity index (χ0) is 15.4. The molecule has 0 unspecified atom stereocenters. The predicted octanol–water partition coefficient (Wildman–Crippen LogP) is 1.92. The van der Waals surface area contributed by atoms with Gasteiger partial charge in [0.05, 0.1) is 10.5 Å². The molecule has 0 aliphatic carbocycles. The predicted molar refractivity (Wildman–Crippen MR) is 67.1 cm³/mol. The third-order valence-corrected chi connectivity index (χ3v) is 4.28. The molecule has 1 aromatic rings. The minimum absolute atomic E-state index is 0.0865. The number of carboxylic acid groups (broad SMARTS) is 1. The minimum Gasteiger partial charge on any atom is -0.478 e. The van der Waals surface area contributed by atoms with Gasteiger partial charge in [0.25, 0.3) is 0 Å². The fourth-order valence-corrected chi connectivity index (χ4v) is 2.80. The minimum atomic E-state index is -4.41. The van der Waals surface area contributed by atoms with Crippen molar-refractivity contribution in [2.75, 3.05) is 12.3 Å². The topological polar surface area (TPSA) is 83.5 Å². The Hall–Kier alpha value is -1.26. The van der Waals surface area contributed by atoms with Crippen molar-refractivity contribution in [3.05, 3.63) is 29.8 Å². The number of alkyl halides is 3. The molecular formula is C10H10F3NO4S2. The Bertz CT molecular complexity index is 569. The molecule has 112 valence electrons. The number of hydrogen-bond donors (Lipinski definition) is 2. The monoisotopic (exact) mass is 329 g/mol. The second-order valence-electron chi connectivity index (χ2n) is 3.52. The van der Waals surface area contributed by atoms with Crippen LogP contribution >= 0.6 is 11.8 Å².